The molecular weight excluding hydrogens is 439 g/mol. The molecule has 0 radical (unpaired) electrons. The summed E-state index contributed by atoms with van der Waals surface area (Å²) in [4.78, 5) is 31.1. The molecule has 1 aromatic heterocycles. The van der Waals surface area contributed by atoms with Crippen LogP contribution in [0.2, 0.25) is 5.02 Å². The topological polar surface area (TPSA) is 60.7 Å². The summed E-state index contributed by atoms with van der Waals surface area (Å²) >= 11 is 7.26. The maximum Gasteiger partial charge on any atom is 0.338 e. The average Bonchev–Trinajstić information content (AvgIpc) is 3.05. The highest BCUT2D eigenvalue weighted by Crippen LogP contribution is 2.30. The quantitative estimate of drug-likeness (QED) is 0.564. The lowest BCUT2D eigenvalue weighted by molar-refractivity contribution is -0.139. The first kappa shape index (κ1) is 21.2. The summed E-state index contributed by atoms with van der Waals surface area (Å²) in [6.07, 6.45) is 1.42. The molecule has 0 fully saturated rings. The number of esters is 1. The van der Waals surface area contributed by atoms with Gasteiger partial charge in [0.15, 0.2) is 4.80 Å². The third-order valence-corrected chi connectivity index (χ3v) is 6.22. The van der Waals surface area contributed by atoms with Gasteiger partial charge in [0.2, 0.25) is 0 Å². The molecule has 31 heavy (non-hydrogen) atoms. The molecule has 2 heterocycles. The van der Waals surface area contributed by atoms with E-state index in [1.807, 2.05) is 30.3 Å². The van der Waals surface area contributed by atoms with E-state index in [0.717, 1.165) is 16.9 Å². The number of thiazole rings is 1. The first-order valence-corrected chi connectivity index (χ1v) is 10.8. The van der Waals surface area contributed by atoms with Gasteiger partial charge < -0.3 is 4.74 Å². The molecule has 1 aliphatic rings. The predicted molar refractivity (Wildman–Crippen MR) is 118 cm³/mol. The van der Waals surface area contributed by atoms with Gasteiger partial charge in [-0.05, 0) is 37.6 Å². The van der Waals surface area contributed by atoms with Crippen LogP contribution in [0.5, 0.6) is 0 Å². The monoisotopic (exact) mass is 456 g/mol. The maximum atomic E-state index is 14.3. The van der Waals surface area contributed by atoms with Gasteiger partial charge in [0, 0.05) is 5.56 Å². The van der Waals surface area contributed by atoms with E-state index in [1.54, 1.807) is 19.9 Å². The van der Waals surface area contributed by atoms with Crippen LogP contribution in [0.3, 0.4) is 0 Å². The minimum absolute atomic E-state index is 0.132. The number of rotatable bonds is 4. The normalized spacial score (nSPS) is 16.1. The van der Waals surface area contributed by atoms with Crippen molar-refractivity contribution in [1.29, 1.82) is 0 Å². The number of aromatic nitrogens is 1. The van der Waals surface area contributed by atoms with Crippen LogP contribution in [0.1, 0.15) is 31.0 Å². The summed E-state index contributed by atoms with van der Waals surface area (Å²) < 4.78 is 21.3. The fourth-order valence-corrected chi connectivity index (χ4v) is 4.77. The number of hydrogen-bond donors (Lipinski definition) is 0. The molecule has 5 nitrogen and oxygen atoms in total. The summed E-state index contributed by atoms with van der Waals surface area (Å²) in [5, 5.41) is 0.203. The molecule has 8 heteroatoms. The third kappa shape index (κ3) is 3.86. The second-order valence-electron chi connectivity index (χ2n) is 6.85. The van der Waals surface area contributed by atoms with Gasteiger partial charge in [0.05, 0.1) is 33.5 Å². The smallest absolute Gasteiger partial charge is 0.338 e. The molecule has 158 valence electrons. The molecule has 0 N–H and O–H groups in total. The number of ether oxygens (including phenoxy) is 1. The number of fused-ring (bicyclic) bond motifs is 1. The number of benzene rings is 2. The molecular formula is C23H18ClFN2O3S. The molecule has 0 amide bonds. The van der Waals surface area contributed by atoms with Gasteiger partial charge in [-0.2, -0.15) is 0 Å². The van der Waals surface area contributed by atoms with E-state index in [2.05, 4.69) is 4.99 Å². The van der Waals surface area contributed by atoms with Crippen LogP contribution in [0.4, 0.5) is 4.39 Å². The number of halogens is 2. The Kier molecular flexibility index (Phi) is 5.89. The van der Waals surface area contributed by atoms with Gasteiger partial charge in [0.1, 0.15) is 5.82 Å². The van der Waals surface area contributed by atoms with Crippen LogP contribution >= 0.6 is 22.9 Å². The van der Waals surface area contributed by atoms with Gasteiger partial charge in [0.25, 0.3) is 5.56 Å². The fraction of sp³-hybridized carbons (Fsp3) is 0.174. The van der Waals surface area contributed by atoms with Crippen molar-refractivity contribution in [3.05, 3.63) is 101 Å². The molecule has 3 aromatic rings. The first-order chi connectivity index (χ1) is 14.9. The van der Waals surface area contributed by atoms with Crippen LogP contribution in [0.25, 0.3) is 6.08 Å². The van der Waals surface area contributed by atoms with Crippen LogP contribution in [0.15, 0.2) is 69.6 Å². The summed E-state index contributed by atoms with van der Waals surface area (Å²) in [6, 6.07) is 12.9. The minimum atomic E-state index is -0.699. The van der Waals surface area contributed by atoms with E-state index in [-0.39, 0.29) is 27.3 Å². The van der Waals surface area contributed by atoms with Crippen LogP contribution < -0.4 is 14.9 Å². The lowest BCUT2D eigenvalue weighted by atomic mass is 9.96. The van der Waals surface area contributed by atoms with Crippen molar-refractivity contribution in [2.45, 2.75) is 19.9 Å². The second kappa shape index (κ2) is 8.61. The standard InChI is InChI=1S/C23H18ClFN2O3S/c1-3-30-22(29)19-13(2)26-23-27(20(19)14-8-5-4-6-9-14)21(28)18(31-23)12-15-16(24)10-7-11-17(15)25/h4-12,20H,3H2,1-2H3/b18-12+. The SMILES string of the molecule is CCOC(=O)C1=C(C)N=c2s/c(=C/c3c(F)cccc3Cl)c(=O)n2C1c1ccccc1. The van der Waals surface area contributed by atoms with E-state index in [0.29, 0.717) is 16.1 Å². The Hall–Kier alpha value is -3.03. The summed E-state index contributed by atoms with van der Waals surface area (Å²) in [7, 11) is 0. The van der Waals surface area contributed by atoms with Crippen LogP contribution in [-0.2, 0) is 9.53 Å². The van der Waals surface area contributed by atoms with Crippen molar-refractivity contribution < 1.29 is 13.9 Å². The van der Waals surface area contributed by atoms with Crippen LogP contribution in [0, 0.1) is 5.82 Å². The van der Waals surface area contributed by atoms with E-state index in [1.165, 1.54) is 22.8 Å². The lowest BCUT2D eigenvalue weighted by Gasteiger charge is -2.24. The zero-order valence-corrected chi connectivity index (χ0v) is 18.3. The average molecular weight is 457 g/mol. The molecule has 0 spiro atoms. The Morgan fingerprint density at radius 1 is 1.26 bits per heavy atom. The summed E-state index contributed by atoms with van der Waals surface area (Å²) in [6.45, 7) is 3.64. The highest BCUT2D eigenvalue weighted by atomic mass is 35.5. The van der Waals surface area contributed by atoms with Crippen molar-refractivity contribution in [3.8, 4) is 0 Å². The Morgan fingerprint density at radius 2 is 2.00 bits per heavy atom. The maximum absolute atomic E-state index is 14.3. The molecule has 2 aromatic carbocycles. The van der Waals surface area contributed by atoms with E-state index >= 15 is 0 Å². The highest BCUT2D eigenvalue weighted by Gasteiger charge is 2.33. The number of allylic oxidation sites excluding steroid dienone is 1. The minimum Gasteiger partial charge on any atom is -0.463 e. The highest BCUT2D eigenvalue weighted by molar-refractivity contribution is 7.07. The predicted octanol–water partition coefficient (Wildman–Crippen LogP) is 3.59. The number of hydrogen-bond acceptors (Lipinski definition) is 5. The third-order valence-electron chi connectivity index (χ3n) is 4.91. The van der Waals surface area contributed by atoms with Gasteiger partial charge >= 0.3 is 5.97 Å². The van der Waals surface area contributed by atoms with Gasteiger partial charge in [-0.1, -0.05) is 59.3 Å². The van der Waals surface area contributed by atoms with Crippen molar-refractivity contribution >= 4 is 35.0 Å². The Labute approximate surface area is 186 Å². The molecule has 0 bridgehead atoms. The van der Waals surface area contributed by atoms with E-state index < -0.39 is 17.8 Å². The largest absolute Gasteiger partial charge is 0.463 e. The number of nitrogens with zero attached hydrogens (tertiary/aromatic N) is 2. The zero-order valence-electron chi connectivity index (χ0n) is 16.8. The molecule has 0 saturated carbocycles. The molecule has 1 unspecified atom stereocenters. The summed E-state index contributed by atoms with van der Waals surface area (Å²) in [5.41, 5.74) is 1.27. The van der Waals surface area contributed by atoms with Gasteiger partial charge in [-0.3, -0.25) is 9.36 Å². The Balaban J connectivity index is 1.99. The molecule has 4 rings (SSSR count). The van der Waals surface area contributed by atoms with Crippen LogP contribution in [-0.4, -0.2) is 17.1 Å². The first-order valence-electron chi connectivity index (χ1n) is 9.61. The molecule has 0 saturated heterocycles. The van der Waals surface area contributed by atoms with Gasteiger partial charge in [-0.15, -0.1) is 0 Å². The van der Waals surface area contributed by atoms with Crippen molar-refractivity contribution in [1.82, 2.24) is 4.57 Å². The number of carbonyl (C=O) groups excluding carboxylic acids is 1. The molecule has 1 aliphatic heterocycles. The van der Waals surface area contributed by atoms with Crippen molar-refractivity contribution in [3.63, 3.8) is 0 Å². The Bertz CT molecular complexity index is 1360. The van der Waals surface area contributed by atoms with E-state index in [4.69, 9.17) is 16.3 Å². The van der Waals surface area contributed by atoms with Crippen molar-refractivity contribution in [2.24, 2.45) is 4.99 Å². The fourth-order valence-electron chi connectivity index (χ4n) is 3.52. The number of carbonyl (C=O) groups is 1. The zero-order chi connectivity index (χ0) is 22.1. The Morgan fingerprint density at radius 3 is 2.68 bits per heavy atom. The molecule has 0 aliphatic carbocycles. The second-order valence-corrected chi connectivity index (χ2v) is 8.26. The van der Waals surface area contributed by atoms with Crippen molar-refractivity contribution in [2.75, 3.05) is 6.61 Å². The summed E-state index contributed by atoms with van der Waals surface area (Å²) in [5.74, 6) is -1.05. The molecule has 1 atom stereocenters. The van der Waals surface area contributed by atoms with E-state index in [9.17, 15) is 14.0 Å². The lowest BCUT2D eigenvalue weighted by Crippen LogP contribution is -2.39. The van der Waals surface area contributed by atoms with Gasteiger partial charge in [-0.25, -0.2) is 14.2 Å².